The molecule has 2 N–H and O–H groups in total. The van der Waals surface area contributed by atoms with E-state index in [1.807, 2.05) is 0 Å². The molecule has 0 aliphatic rings. The average Bonchev–Trinajstić information content (AvgIpc) is 2.84. The third kappa shape index (κ3) is 4.92. The van der Waals surface area contributed by atoms with Gasteiger partial charge in [-0.05, 0) is 30.3 Å². The van der Waals surface area contributed by atoms with Gasteiger partial charge in [-0.1, -0.05) is 33.6 Å². The van der Waals surface area contributed by atoms with Crippen LogP contribution in [-0.2, 0) is 0 Å². The summed E-state index contributed by atoms with van der Waals surface area (Å²) < 4.78 is 6.46. The zero-order chi connectivity index (χ0) is 25.1. The molecule has 4 rings (SSSR count). The van der Waals surface area contributed by atoms with Crippen LogP contribution in [0.3, 0.4) is 0 Å². The number of hydrogen-bond acceptors (Lipinski definition) is 10. The number of rotatable bonds is 7. The average molecular weight is 561 g/mol. The highest BCUT2D eigenvalue weighted by Crippen LogP contribution is 2.37. The normalized spacial score (nSPS) is 10.6. The number of ether oxygens (including phenoxy) is 1. The second-order valence-electron chi connectivity index (χ2n) is 6.68. The van der Waals surface area contributed by atoms with Crippen molar-refractivity contribution >= 4 is 61.5 Å². The summed E-state index contributed by atoms with van der Waals surface area (Å²) in [4.78, 5) is 45.7. The molecule has 13 nitrogen and oxygen atoms in total. The maximum Gasteiger partial charge on any atom is 0.374 e. The van der Waals surface area contributed by atoms with E-state index >= 15 is 0 Å². The summed E-state index contributed by atoms with van der Waals surface area (Å²) in [6, 6.07) is 10.2. The molecule has 0 aliphatic carbocycles. The number of benzene rings is 2. The molecule has 0 radical (unpaired) electrons. The van der Waals surface area contributed by atoms with Crippen molar-refractivity contribution in [2.45, 2.75) is 0 Å². The fourth-order valence-corrected chi connectivity index (χ4v) is 3.61. The van der Waals surface area contributed by atoms with Crippen molar-refractivity contribution in [1.29, 1.82) is 0 Å². The molecule has 0 bridgehead atoms. The summed E-state index contributed by atoms with van der Waals surface area (Å²) in [7, 11) is 0. The number of carbonyl (C=O) groups excluding carboxylic acids is 1. The molecule has 0 spiro atoms. The molecule has 0 atom stereocenters. The number of hydrazine groups is 1. The number of anilines is 1. The first-order valence-electron chi connectivity index (χ1n) is 9.47. The summed E-state index contributed by atoms with van der Waals surface area (Å²) in [5.41, 5.74) is 3.71. The van der Waals surface area contributed by atoms with Crippen LogP contribution in [0.4, 0.5) is 17.2 Å². The molecule has 2 aromatic heterocycles. The van der Waals surface area contributed by atoms with Crippen LogP contribution in [0.2, 0.25) is 5.02 Å². The number of aromatic nitrogens is 3. The standard InChI is InChI=1S/C20H11BrClN7O6/c21-12-4-6-15(16-11(12)2-1-7-23-16)35-20-17(29(33)34)18(24-9-25-20)26-27-19(30)10-3-5-13(22)14(8-10)28(31)32/h1-9H,(H,27,30)(H,24,25,26). The number of nitrogens with one attached hydrogen (secondary N) is 2. The van der Waals surface area contributed by atoms with Gasteiger partial charge in [-0.3, -0.25) is 40.9 Å². The van der Waals surface area contributed by atoms with Gasteiger partial charge in [0.25, 0.3) is 11.6 Å². The van der Waals surface area contributed by atoms with E-state index in [9.17, 15) is 25.0 Å². The highest BCUT2D eigenvalue weighted by molar-refractivity contribution is 9.10. The number of amides is 1. The highest BCUT2D eigenvalue weighted by atomic mass is 79.9. The van der Waals surface area contributed by atoms with Crippen molar-refractivity contribution in [3.05, 3.63) is 90.3 Å². The van der Waals surface area contributed by atoms with Crippen LogP contribution >= 0.6 is 27.5 Å². The van der Waals surface area contributed by atoms with E-state index in [4.69, 9.17) is 16.3 Å². The van der Waals surface area contributed by atoms with E-state index < -0.39 is 33.0 Å². The molecule has 0 saturated carbocycles. The zero-order valence-electron chi connectivity index (χ0n) is 17.1. The lowest BCUT2D eigenvalue weighted by atomic mass is 10.2. The van der Waals surface area contributed by atoms with E-state index in [2.05, 4.69) is 41.7 Å². The van der Waals surface area contributed by atoms with E-state index in [0.29, 0.717) is 10.9 Å². The molecule has 0 unspecified atom stereocenters. The van der Waals surface area contributed by atoms with E-state index in [-0.39, 0.29) is 22.2 Å². The Morgan fingerprint density at radius 2 is 1.86 bits per heavy atom. The summed E-state index contributed by atoms with van der Waals surface area (Å²) in [5, 5.41) is 23.4. The molecule has 0 aliphatic heterocycles. The molecule has 35 heavy (non-hydrogen) atoms. The van der Waals surface area contributed by atoms with Gasteiger partial charge in [-0.25, -0.2) is 4.98 Å². The Balaban J connectivity index is 1.62. The second kappa shape index (κ2) is 9.82. The molecule has 15 heteroatoms. The lowest BCUT2D eigenvalue weighted by Gasteiger charge is -2.11. The smallest absolute Gasteiger partial charge is 0.374 e. The molecule has 176 valence electrons. The lowest BCUT2D eigenvalue weighted by Crippen LogP contribution is -2.30. The second-order valence-corrected chi connectivity index (χ2v) is 7.94. The Bertz CT molecular complexity index is 1500. The quantitative estimate of drug-likeness (QED) is 0.236. The number of nitro benzene ring substituents is 1. The molecule has 0 saturated heterocycles. The third-order valence-electron chi connectivity index (χ3n) is 4.56. The van der Waals surface area contributed by atoms with Gasteiger partial charge in [0.2, 0.25) is 5.82 Å². The Morgan fingerprint density at radius 3 is 2.60 bits per heavy atom. The number of nitro groups is 2. The first kappa shape index (κ1) is 23.7. The number of carbonyl (C=O) groups is 1. The van der Waals surface area contributed by atoms with Crippen LogP contribution in [0.15, 0.2) is 59.5 Å². The van der Waals surface area contributed by atoms with Gasteiger partial charge < -0.3 is 4.74 Å². The van der Waals surface area contributed by atoms with Gasteiger partial charge in [0.1, 0.15) is 16.9 Å². The van der Waals surface area contributed by atoms with Crippen molar-refractivity contribution in [3.63, 3.8) is 0 Å². The van der Waals surface area contributed by atoms with Gasteiger partial charge in [0, 0.05) is 27.7 Å². The summed E-state index contributed by atoms with van der Waals surface area (Å²) in [6.45, 7) is 0. The fourth-order valence-electron chi connectivity index (χ4n) is 2.97. The minimum absolute atomic E-state index is 0.116. The van der Waals surface area contributed by atoms with Gasteiger partial charge >= 0.3 is 11.6 Å². The maximum atomic E-state index is 12.4. The lowest BCUT2D eigenvalue weighted by molar-refractivity contribution is -0.385. The van der Waals surface area contributed by atoms with Crippen LogP contribution in [-0.4, -0.2) is 30.7 Å². The summed E-state index contributed by atoms with van der Waals surface area (Å²) in [6.07, 6.45) is 2.54. The Labute approximate surface area is 208 Å². The largest absolute Gasteiger partial charge is 0.431 e. The Kier molecular flexibility index (Phi) is 6.66. The van der Waals surface area contributed by atoms with E-state index in [0.717, 1.165) is 16.9 Å². The first-order chi connectivity index (χ1) is 16.8. The molecular weight excluding hydrogens is 550 g/mol. The number of pyridine rings is 1. The van der Waals surface area contributed by atoms with E-state index in [1.54, 1.807) is 30.5 Å². The number of fused-ring (bicyclic) bond motifs is 1. The van der Waals surface area contributed by atoms with Crippen molar-refractivity contribution in [3.8, 4) is 11.6 Å². The van der Waals surface area contributed by atoms with Gasteiger partial charge in [-0.15, -0.1) is 0 Å². The van der Waals surface area contributed by atoms with Crippen LogP contribution in [0.5, 0.6) is 11.6 Å². The molecule has 4 aromatic rings. The topological polar surface area (TPSA) is 175 Å². The van der Waals surface area contributed by atoms with E-state index in [1.165, 1.54) is 12.1 Å². The van der Waals surface area contributed by atoms with Crippen LogP contribution in [0.1, 0.15) is 10.4 Å². The Morgan fingerprint density at radius 1 is 1.06 bits per heavy atom. The number of nitrogens with zero attached hydrogens (tertiary/aromatic N) is 5. The van der Waals surface area contributed by atoms with Gasteiger partial charge in [-0.2, -0.15) is 4.98 Å². The predicted octanol–water partition coefficient (Wildman–Crippen LogP) is 4.81. The fraction of sp³-hybridized carbons (Fsp3) is 0. The minimum Gasteiger partial charge on any atom is -0.431 e. The molecule has 2 aromatic carbocycles. The SMILES string of the molecule is O=C(NNc1ncnc(Oc2ccc(Br)c3cccnc23)c1[N+](=O)[O-])c1ccc(Cl)c([N+](=O)[O-])c1. The number of hydrogen-bond donors (Lipinski definition) is 2. The van der Waals surface area contributed by atoms with Crippen molar-refractivity contribution < 1.29 is 19.4 Å². The summed E-state index contributed by atoms with van der Waals surface area (Å²) in [5.74, 6) is -1.42. The molecule has 1 amide bonds. The van der Waals surface area contributed by atoms with Gasteiger partial charge in [0.05, 0.1) is 9.85 Å². The van der Waals surface area contributed by atoms with Crippen LogP contribution < -0.4 is 15.6 Å². The van der Waals surface area contributed by atoms with Crippen molar-refractivity contribution in [1.82, 2.24) is 20.4 Å². The highest BCUT2D eigenvalue weighted by Gasteiger charge is 2.26. The zero-order valence-corrected chi connectivity index (χ0v) is 19.5. The molecular formula is C20H11BrClN7O6. The third-order valence-corrected chi connectivity index (χ3v) is 5.57. The van der Waals surface area contributed by atoms with Crippen LogP contribution in [0, 0.1) is 20.2 Å². The van der Waals surface area contributed by atoms with Gasteiger partial charge in [0.15, 0.2) is 5.75 Å². The Hall–Kier alpha value is -4.43. The number of halogens is 2. The molecule has 2 heterocycles. The molecule has 0 fully saturated rings. The maximum absolute atomic E-state index is 12.4. The van der Waals surface area contributed by atoms with Crippen molar-refractivity contribution in [2.24, 2.45) is 0 Å². The monoisotopic (exact) mass is 559 g/mol. The van der Waals surface area contributed by atoms with Crippen molar-refractivity contribution in [2.75, 3.05) is 5.43 Å². The minimum atomic E-state index is -0.830. The first-order valence-corrected chi connectivity index (χ1v) is 10.6. The van der Waals surface area contributed by atoms with Crippen LogP contribution in [0.25, 0.3) is 10.9 Å². The predicted molar refractivity (Wildman–Crippen MR) is 127 cm³/mol. The summed E-state index contributed by atoms with van der Waals surface area (Å²) >= 11 is 9.16.